The lowest BCUT2D eigenvalue weighted by molar-refractivity contribution is -0.134. The minimum absolute atomic E-state index is 0.151. The predicted molar refractivity (Wildman–Crippen MR) is 99.6 cm³/mol. The Labute approximate surface area is 161 Å². The maximum absolute atomic E-state index is 12.3. The van der Waals surface area contributed by atoms with Crippen LogP contribution in [0.3, 0.4) is 0 Å². The number of aryl methyl sites for hydroxylation is 1. The standard InChI is InChI=1S/C19H18N4O3S/c1-14-15(6-7-16(22-14)17-5-2-12-27-17)19(25)26-13-18(24)23(10-3-8-20)11-4-9-21/h2,5-7,12H,3-4,10-11,13H2,1H3. The smallest absolute Gasteiger partial charge is 0.340 e. The molecule has 0 atom stereocenters. The highest BCUT2D eigenvalue weighted by atomic mass is 32.1. The maximum atomic E-state index is 12.3. The number of ether oxygens (including phenoxy) is 1. The summed E-state index contributed by atoms with van der Waals surface area (Å²) in [4.78, 5) is 31.3. The fraction of sp³-hybridized carbons (Fsp3) is 0.316. The zero-order valence-electron chi connectivity index (χ0n) is 14.8. The molecule has 27 heavy (non-hydrogen) atoms. The normalized spacial score (nSPS) is 9.89. The first kappa shape index (κ1) is 20.1. The molecule has 0 aliphatic carbocycles. The quantitative estimate of drug-likeness (QED) is 0.650. The average Bonchev–Trinajstić information content (AvgIpc) is 3.20. The summed E-state index contributed by atoms with van der Waals surface area (Å²) in [7, 11) is 0. The number of carbonyl (C=O) groups excluding carboxylic acids is 2. The monoisotopic (exact) mass is 382 g/mol. The van der Waals surface area contributed by atoms with Crippen LogP contribution in [0.25, 0.3) is 10.6 Å². The third-order valence-electron chi connectivity index (χ3n) is 3.75. The highest BCUT2D eigenvalue weighted by Crippen LogP contribution is 2.23. The van der Waals surface area contributed by atoms with Crippen molar-refractivity contribution in [1.29, 1.82) is 10.5 Å². The molecule has 0 bridgehead atoms. The number of nitriles is 2. The number of amides is 1. The molecule has 0 unspecified atom stereocenters. The first-order valence-corrected chi connectivity index (χ1v) is 9.15. The van der Waals surface area contributed by atoms with Crippen LogP contribution in [0.1, 0.15) is 28.9 Å². The molecule has 0 N–H and O–H groups in total. The van der Waals surface area contributed by atoms with Crippen LogP contribution in [0.2, 0.25) is 0 Å². The lowest BCUT2D eigenvalue weighted by Gasteiger charge is -2.20. The minimum Gasteiger partial charge on any atom is -0.452 e. The molecule has 0 saturated carbocycles. The number of carbonyl (C=O) groups is 2. The van der Waals surface area contributed by atoms with Crippen molar-refractivity contribution in [3.8, 4) is 22.7 Å². The number of rotatable bonds is 8. The Kier molecular flexibility index (Phi) is 7.48. The largest absolute Gasteiger partial charge is 0.452 e. The maximum Gasteiger partial charge on any atom is 0.340 e. The molecule has 0 aromatic carbocycles. The van der Waals surface area contributed by atoms with Gasteiger partial charge in [0.15, 0.2) is 6.61 Å². The summed E-state index contributed by atoms with van der Waals surface area (Å²) in [6.45, 7) is 1.67. The van der Waals surface area contributed by atoms with Gasteiger partial charge >= 0.3 is 5.97 Å². The van der Waals surface area contributed by atoms with Crippen molar-refractivity contribution >= 4 is 23.2 Å². The van der Waals surface area contributed by atoms with E-state index in [1.807, 2.05) is 29.7 Å². The molecule has 2 heterocycles. The molecule has 0 spiro atoms. The van der Waals surface area contributed by atoms with Gasteiger partial charge in [-0.3, -0.25) is 9.78 Å². The lowest BCUT2D eigenvalue weighted by Crippen LogP contribution is -2.36. The van der Waals surface area contributed by atoms with E-state index in [9.17, 15) is 9.59 Å². The van der Waals surface area contributed by atoms with Crippen molar-refractivity contribution < 1.29 is 14.3 Å². The second-order valence-electron chi connectivity index (χ2n) is 5.58. The summed E-state index contributed by atoms with van der Waals surface area (Å²) >= 11 is 1.55. The van der Waals surface area contributed by atoms with Gasteiger partial charge in [-0.1, -0.05) is 6.07 Å². The molecular formula is C19H18N4O3S. The van der Waals surface area contributed by atoms with Crippen molar-refractivity contribution in [3.05, 3.63) is 40.9 Å². The topological polar surface area (TPSA) is 107 Å². The highest BCUT2D eigenvalue weighted by molar-refractivity contribution is 7.13. The molecule has 2 rings (SSSR count). The number of pyridine rings is 1. The van der Waals surface area contributed by atoms with Gasteiger partial charge in [0.25, 0.3) is 5.91 Å². The van der Waals surface area contributed by atoms with E-state index in [0.29, 0.717) is 11.3 Å². The molecule has 1 amide bonds. The van der Waals surface area contributed by atoms with E-state index in [2.05, 4.69) is 4.98 Å². The molecule has 2 aromatic rings. The molecule has 0 saturated heterocycles. The molecular weight excluding hydrogens is 364 g/mol. The Bertz CT molecular complexity index is 863. The SMILES string of the molecule is Cc1nc(-c2cccs2)ccc1C(=O)OCC(=O)N(CCC#N)CCC#N. The molecule has 0 fully saturated rings. The van der Waals surface area contributed by atoms with Gasteiger partial charge in [-0.05, 0) is 30.5 Å². The molecule has 0 aliphatic rings. The summed E-state index contributed by atoms with van der Waals surface area (Å²) in [5, 5.41) is 19.3. The number of hydrogen-bond acceptors (Lipinski definition) is 7. The molecule has 2 aromatic heterocycles. The fourth-order valence-corrected chi connectivity index (χ4v) is 3.06. The van der Waals surface area contributed by atoms with Crippen LogP contribution in [0.15, 0.2) is 29.6 Å². The van der Waals surface area contributed by atoms with Gasteiger partial charge in [0, 0.05) is 13.1 Å². The van der Waals surface area contributed by atoms with E-state index in [1.165, 1.54) is 4.90 Å². The van der Waals surface area contributed by atoms with E-state index in [0.717, 1.165) is 10.6 Å². The van der Waals surface area contributed by atoms with Crippen LogP contribution in [-0.2, 0) is 9.53 Å². The first-order valence-electron chi connectivity index (χ1n) is 8.27. The van der Waals surface area contributed by atoms with Gasteiger partial charge < -0.3 is 9.64 Å². The third kappa shape index (κ3) is 5.63. The molecule has 0 aliphatic heterocycles. The molecule has 8 heteroatoms. The molecule has 7 nitrogen and oxygen atoms in total. The van der Waals surface area contributed by atoms with E-state index in [4.69, 9.17) is 15.3 Å². The summed E-state index contributed by atoms with van der Waals surface area (Å²) in [5.41, 5.74) is 1.59. The van der Waals surface area contributed by atoms with Crippen molar-refractivity contribution in [1.82, 2.24) is 9.88 Å². The van der Waals surface area contributed by atoms with Crippen molar-refractivity contribution in [2.75, 3.05) is 19.7 Å². The molecule has 138 valence electrons. The van der Waals surface area contributed by atoms with E-state index in [1.54, 1.807) is 30.4 Å². The van der Waals surface area contributed by atoms with E-state index < -0.39 is 18.5 Å². The van der Waals surface area contributed by atoms with Crippen LogP contribution < -0.4 is 0 Å². The van der Waals surface area contributed by atoms with Crippen LogP contribution in [0.5, 0.6) is 0 Å². The van der Waals surface area contributed by atoms with Crippen LogP contribution in [-0.4, -0.2) is 41.5 Å². The number of aromatic nitrogens is 1. The Morgan fingerprint density at radius 3 is 2.44 bits per heavy atom. The molecule has 0 radical (unpaired) electrons. The number of hydrogen-bond donors (Lipinski definition) is 0. The van der Waals surface area contributed by atoms with Crippen molar-refractivity contribution in [3.63, 3.8) is 0 Å². The van der Waals surface area contributed by atoms with E-state index >= 15 is 0 Å². The van der Waals surface area contributed by atoms with Gasteiger partial charge in [-0.25, -0.2) is 4.79 Å². The van der Waals surface area contributed by atoms with Crippen LogP contribution in [0.4, 0.5) is 0 Å². The predicted octanol–water partition coefficient (Wildman–Crippen LogP) is 2.93. The van der Waals surface area contributed by atoms with Gasteiger partial charge in [0.2, 0.25) is 0 Å². The third-order valence-corrected chi connectivity index (χ3v) is 4.64. The van der Waals surface area contributed by atoms with Crippen molar-refractivity contribution in [2.24, 2.45) is 0 Å². The first-order chi connectivity index (χ1) is 13.1. The second-order valence-corrected chi connectivity index (χ2v) is 6.53. The summed E-state index contributed by atoms with van der Waals surface area (Å²) in [6.07, 6.45) is 0.302. The van der Waals surface area contributed by atoms with Crippen LogP contribution >= 0.6 is 11.3 Å². The van der Waals surface area contributed by atoms with Gasteiger partial charge in [0.05, 0.1) is 46.8 Å². The number of nitrogens with zero attached hydrogens (tertiary/aromatic N) is 4. The Balaban J connectivity index is 1.99. The Morgan fingerprint density at radius 1 is 1.19 bits per heavy atom. The Morgan fingerprint density at radius 2 is 1.89 bits per heavy atom. The summed E-state index contributed by atoms with van der Waals surface area (Å²) in [6, 6.07) is 11.1. The number of esters is 1. The van der Waals surface area contributed by atoms with Gasteiger partial charge in [-0.15, -0.1) is 11.3 Å². The van der Waals surface area contributed by atoms with Gasteiger partial charge in [0.1, 0.15) is 0 Å². The Hall–Kier alpha value is -3.23. The lowest BCUT2D eigenvalue weighted by atomic mass is 10.2. The number of thiophene rings is 1. The zero-order chi connectivity index (χ0) is 19.6. The zero-order valence-corrected chi connectivity index (χ0v) is 15.7. The average molecular weight is 382 g/mol. The van der Waals surface area contributed by atoms with Crippen molar-refractivity contribution in [2.45, 2.75) is 19.8 Å². The highest BCUT2D eigenvalue weighted by Gasteiger charge is 2.18. The minimum atomic E-state index is -0.633. The fourth-order valence-electron chi connectivity index (χ4n) is 2.37. The van der Waals surface area contributed by atoms with E-state index in [-0.39, 0.29) is 25.9 Å². The van der Waals surface area contributed by atoms with Crippen LogP contribution in [0, 0.1) is 29.6 Å². The summed E-state index contributed by atoms with van der Waals surface area (Å²) in [5.74, 6) is -1.07. The summed E-state index contributed by atoms with van der Waals surface area (Å²) < 4.78 is 5.11. The second kappa shape index (κ2) is 10.0. The van der Waals surface area contributed by atoms with Gasteiger partial charge in [-0.2, -0.15) is 10.5 Å².